The van der Waals surface area contributed by atoms with E-state index in [0.29, 0.717) is 6.61 Å². The average Bonchev–Trinajstić information content (AvgIpc) is 2.28. The largest absolute Gasteiger partial charge is 0.464 e. The SMILES string of the molecule is CC1(CCCc2ccccc2)COC1=O. The van der Waals surface area contributed by atoms with Gasteiger partial charge in [0.2, 0.25) is 0 Å². The normalized spacial score (nSPS) is 24.5. The summed E-state index contributed by atoms with van der Waals surface area (Å²) in [5.41, 5.74) is 1.14. The maximum absolute atomic E-state index is 11.2. The van der Waals surface area contributed by atoms with Crippen LogP contribution < -0.4 is 0 Å². The molecule has 0 spiro atoms. The van der Waals surface area contributed by atoms with E-state index in [-0.39, 0.29) is 11.4 Å². The first-order chi connectivity index (χ1) is 7.21. The molecule has 0 N–H and O–H groups in total. The van der Waals surface area contributed by atoms with Gasteiger partial charge in [0.05, 0.1) is 5.41 Å². The molecule has 1 unspecified atom stereocenters. The fraction of sp³-hybridized carbons (Fsp3) is 0.462. The summed E-state index contributed by atoms with van der Waals surface area (Å²) in [7, 11) is 0. The van der Waals surface area contributed by atoms with E-state index in [1.165, 1.54) is 5.56 Å². The first kappa shape index (κ1) is 10.2. The zero-order valence-electron chi connectivity index (χ0n) is 9.03. The van der Waals surface area contributed by atoms with Crippen LogP contribution in [0.25, 0.3) is 0 Å². The van der Waals surface area contributed by atoms with E-state index in [1.54, 1.807) is 0 Å². The molecule has 0 saturated carbocycles. The number of rotatable bonds is 4. The Kier molecular flexibility index (Phi) is 2.76. The van der Waals surface area contributed by atoms with Crippen LogP contribution in [0.2, 0.25) is 0 Å². The van der Waals surface area contributed by atoms with Gasteiger partial charge in [0.1, 0.15) is 6.61 Å². The molecule has 2 nitrogen and oxygen atoms in total. The van der Waals surface area contributed by atoms with Crippen LogP contribution in [0, 0.1) is 5.41 Å². The summed E-state index contributed by atoms with van der Waals surface area (Å²) in [6, 6.07) is 10.4. The van der Waals surface area contributed by atoms with Crippen LogP contribution in [0.5, 0.6) is 0 Å². The van der Waals surface area contributed by atoms with Crippen molar-refractivity contribution in [2.45, 2.75) is 26.2 Å². The Labute approximate surface area is 90.3 Å². The molecule has 2 heteroatoms. The second-order valence-electron chi connectivity index (χ2n) is 4.48. The van der Waals surface area contributed by atoms with Gasteiger partial charge in [-0.05, 0) is 31.7 Å². The Bertz CT molecular complexity index is 345. The zero-order valence-corrected chi connectivity index (χ0v) is 9.03. The highest BCUT2D eigenvalue weighted by Crippen LogP contribution is 2.33. The van der Waals surface area contributed by atoms with Crippen molar-refractivity contribution in [2.75, 3.05) is 6.61 Å². The van der Waals surface area contributed by atoms with Gasteiger partial charge in [-0.3, -0.25) is 4.79 Å². The second kappa shape index (κ2) is 4.05. The Balaban J connectivity index is 1.78. The van der Waals surface area contributed by atoms with Crippen LogP contribution in [0.3, 0.4) is 0 Å². The van der Waals surface area contributed by atoms with Crippen LogP contribution in [0.1, 0.15) is 25.3 Å². The maximum atomic E-state index is 11.2. The van der Waals surface area contributed by atoms with Gasteiger partial charge in [-0.25, -0.2) is 0 Å². The molecule has 0 bridgehead atoms. The molecule has 2 rings (SSSR count). The van der Waals surface area contributed by atoms with Gasteiger partial charge in [-0.2, -0.15) is 0 Å². The molecule has 1 aliphatic heterocycles. The third-order valence-electron chi connectivity index (χ3n) is 3.05. The molecule has 1 atom stereocenters. The van der Waals surface area contributed by atoms with Gasteiger partial charge in [0.15, 0.2) is 0 Å². The summed E-state index contributed by atoms with van der Waals surface area (Å²) < 4.78 is 4.81. The van der Waals surface area contributed by atoms with Crippen molar-refractivity contribution in [3.63, 3.8) is 0 Å². The van der Waals surface area contributed by atoms with E-state index >= 15 is 0 Å². The van der Waals surface area contributed by atoms with Gasteiger partial charge in [-0.15, -0.1) is 0 Å². The van der Waals surface area contributed by atoms with Crippen LogP contribution >= 0.6 is 0 Å². The van der Waals surface area contributed by atoms with Crippen molar-refractivity contribution in [3.05, 3.63) is 35.9 Å². The minimum absolute atomic E-state index is 0.0319. The number of carbonyl (C=O) groups is 1. The van der Waals surface area contributed by atoms with Crippen molar-refractivity contribution < 1.29 is 9.53 Å². The molecule has 80 valence electrons. The third kappa shape index (κ3) is 2.20. The molecular formula is C13H16O2. The predicted molar refractivity (Wildman–Crippen MR) is 58.4 cm³/mol. The van der Waals surface area contributed by atoms with E-state index in [0.717, 1.165) is 19.3 Å². The fourth-order valence-corrected chi connectivity index (χ4v) is 1.88. The third-order valence-corrected chi connectivity index (χ3v) is 3.05. The van der Waals surface area contributed by atoms with E-state index in [4.69, 9.17) is 4.74 Å². The maximum Gasteiger partial charge on any atom is 0.315 e. The van der Waals surface area contributed by atoms with Crippen molar-refractivity contribution >= 4 is 5.97 Å². The summed E-state index contributed by atoms with van der Waals surface area (Å²) in [5.74, 6) is -0.0319. The fourth-order valence-electron chi connectivity index (χ4n) is 1.88. The first-order valence-corrected chi connectivity index (χ1v) is 5.42. The average molecular weight is 204 g/mol. The molecule has 1 saturated heterocycles. The monoisotopic (exact) mass is 204 g/mol. The van der Waals surface area contributed by atoms with Gasteiger partial charge in [0.25, 0.3) is 0 Å². The highest BCUT2D eigenvalue weighted by atomic mass is 16.6. The number of esters is 1. The van der Waals surface area contributed by atoms with Crippen molar-refractivity contribution in [3.8, 4) is 0 Å². The molecule has 0 aliphatic carbocycles. The standard InChI is InChI=1S/C13H16O2/c1-13(10-15-12(13)14)9-5-8-11-6-3-2-4-7-11/h2-4,6-7H,5,8-10H2,1H3. The number of cyclic esters (lactones) is 1. The first-order valence-electron chi connectivity index (χ1n) is 5.42. The molecule has 1 aromatic rings. The lowest BCUT2D eigenvalue weighted by Crippen LogP contribution is -2.45. The number of carbonyl (C=O) groups excluding carboxylic acids is 1. The highest BCUT2D eigenvalue weighted by molar-refractivity contribution is 5.81. The van der Waals surface area contributed by atoms with Gasteiger partial charge >= 0.3 is 5.97 Å². The molecule has 1 heterocycles. The summed E-state index contributed by atoms with van der Waals surface area (Å²) in [4.78, 5) is 11.2. The molecule has 0 amide bonds. The lowest BCUT2D eigenvalue weighted by Gasteiger charge is -2.35. The van der Waals surface area contributed by atoms with Gasteiger partial charge < -0.3 is 4.74 Å². The predicted octanol–water partition coefficient (Wildman–Crippen LogP) is 2.57. The number of ether oxygens (including phenoxy) is 1. The van der Waals surface area contributed by atoms with Gasteiger partial charge in [-0.1, -0.05) is 30.3 Å². The molecule has 1 fully saturated rings. The number of benzene rings is 1. The van der Waals surface area contributed by atoms with Crippen molar-refractivity contribution in [2.24, 2.45) is 5.41 Å². The number of hydrogen-bond donors (Lipinski definition) is 0. The lowest BCUT2D eigenvalue weighted by atomic mass is 9.82. The van der Waals surface area contributed by atoms with E-state index in [2.05, 4.69) is 24.3 Å². The summed E-state index contributed by atoms with van der Waals surface area (Å²) >= 11 is 0. The summed E-state index contributed by atoms with van der Waals surface area (Å²) in [5, 5.41) is 0. The molecule has 15 heavy (non-hydrogen) atoms. The quantitative estimate of drug-likeness (QED) is 0.704. The van der Waals surface area contributed by atoms with E-state index in [1.807, 2.05) is 13.0 Å². The Hall–Kier alpha value is -1.31. The van der Waals surface area contributed by atoms with Crippen molar-refractivity contribution in [1.82, 2.24) is 0 Å². The summed E-state index contributed by atoms with van der Waals surface area (Å²) in [6.07, 6.45) is 3.03. The highest BCUT2D eigenvalue weighted by Gasteiger charge is 2.43. The van der Waals surface area contributed by atoms with Gasteiger partial charge in [0, 0.05) is 0 Å². The van der Waals surface area contributed by atoms with E-state index < -0.39 is 0 Å². The Morgan fingerprint density at radius 1 is 1.33 bits per heavy atom. The van der Waals surface area contributed by atoms with Crippen LogP contribution in [0.4, 0.5) is 0 Å². The second-order valence-corrected chi connectivity index (χ2v) is 4.48. The molecule has 0 radical (unpaired) electrons. The molecule has 0 aromatic heterocycles. The molecule has 1 aliphatic rings. The number of aryl methyl sites for hydroxylation is 1. The number of hydrogen-bond acceptors (Lipinski definition) is 2. The minimum atomic E-state index is -0.200. The lowest BCUT2D eigenvalue weighted by molar-refractivity contribution is -0.184. The topological polar surface area (TPSA) is 26.3 Å². The Morgan fingerprint density at radius 3 is 2.60 bits per heavy atom. The van der Waals surface area contributed by atoms with Crippen LogP contribution in [-0.4, -0.2) is 12.6 Å². The zero-order chi connectivity index (χ0) is 10.7. The van der Waals surface area contributed by atoms with Crippen molar-refractivity contribution in [1.29, 1.82) is 0 Å². The minimum Gasteiger partial charge on any atom is -0.464 e. The van der Waals surface area contributed by atoms with E-state index in [9.17, 15) is 4.79 Å². The smallest absolute Gasteiger partial charge is 0.315 e. The summed E-state index contributed by atoms with van der Waals surface area (Å²) in [6.45, 7) is 2.59. The molecular weight excluding hydrogens is 188 g/mol. The Morgan fingerprint density at radius 2 is 2.07 bits per heavy atom. The van der Waals surface area contributed by atoms with Crippen LogP contribution in [-0.2, 0) is 16.0 Å². The van der Waals surface area contributed by atoms with Crippen LogP contribution in [0.15, 0.2) is 30.3 Å². The molecule has 1 aromatic carbocycles.